The number of amides is 1. The normalized spacial score (nSPS) is 10.9. The maximum atomic E-state index is 12.9. The summed E-state index contributed by atoms with van der Waals surface area (Å²) in [6.07, 6.45) is 0. The van der Waals surface area contributed by atoms with E-state index in [1.807, 2.05) is 80.1 Å². The van der Waals surface area contributed by atoms with Crippen molar-refractivity contribution >= 4 is 40.0 Å². The number of methoxy groups -OCH3 is 1. The molecule has 1 amide bonds. The second-order valence-electron chi connectivity index (χ2n) is 8.75. The van der Waals surface area contributed by atoms with Crippen LogP contribution in [-0.2, 0) is 22.7 Å². The van der Waals surface area contributed by atoms with E-state index in [0.717, 1.165) is 33.6 Å². The summed E-state index contributed by atoms with van der Waals surface area (Å²) in [6, 6.07) is 13.9. The fourth-order valence-corrected chi connectivity index (χ4v) is 5.69. The lowest BCUT2D eigenvalue weighted by Gasteiger charge is -2.11. The smallest absolute Gasteiger partial charge is 0.341 e. The summed E-state index contributed by atoms with van der Waals surface area (Å²) in [7, 11) is 1.34. The summed E-state index contributed by atoms with van der Waals surface area (Å²) in [5.41, 5.74) is 5.32. The summed E-state index contributed by atoms with van der Waals surface area (Å²) < 4.78 is 12.8. The first-order chi connectivity index (χ1) is 18.3. The van der Waals surface area contributed by atoms with Crippen LogP contribution in [0.2, 0.25) is 0 Å². The summed E-state index contributed by atoms with van der Waals surface area (Å²) in [4.78, 5) is 25.6. The van der Waals surface area contributed by atoms with Crippen molar-refractivity contribution in [3.63, 3.8) is 0 Å². The number of rotatable bonds is 10. The van der Waals surface area contributed by atoms with E-state index in [-0.39, 0.29) is 18.3 Å². The zero-order valence-corrected chi connectivity index (χ0v) is 23.7. The second kappa shape index (κ2) is 12.3. The van der Waals surface area contributed by atoms with Gasteiger partial charge in [-0.15, -0.1) is 21.5 Å². The molecule has 0 fully saturated rings. The molecule has 0 unspecified atom stereocenters. The quantitative estimate of drug-likeness (QED) is 0.190. The van der Waals surface area contributed by atoms with Gasteiger partial charge in [0.1, 0.15) is 22.9 Å². The number of carbonyl (C=O) groups excluding carboxylic acids is 2. The van der Waals surface area contributed by atoms with E-state index in [0.29, 0.717) is 28.1 Å². The molecule has 4 rings (SSSR count). The molecule has 0 spiro atoms. The van der Waals surface area contributed by atoms with Gasteiger partial charge in [-0.3, -0.25) is 4.79 Å². The molecule has 0 aliphatic heterocycles. The summed E-state index contributed by atoms with van der Waals surface area (Å²) in [5, 5.41) is 14.4. The predicted octanol–water partition coefficient (Wildman–Crippen LogP) is 6.05. The molecule has 1 N–H and O–H groups in total. The minimum absolute atomic E-state index is 0.105. The number of benzene rings is 2. The number of nitrogens with zero attached hydrogens (tertiary/aromatic N) is 3. The van der Waals surface area contributed by atoms with Gasteiger partial charge in [0.15, 0.2) is 11.0 Å². The van der Waals surface area contributed by atoms with E-state index in [1.54, 1.807) is 0 Å². The molecule has 10 heteroatoms. The number of thioether (sulfide) groups is 1. The zero-order valence-electron chi connectivity index (χ0n) is 22.0. The summed E-state index contributed by atoms with van der Waals surface area (Å²) in [6.45, 7) is 8.92. The number of anilines is 1. The van der Waals surface area contributed by atoms with E-state index in [1.165, 1.54) is 30.2 Å². The SMILES string of the molecule is CCn1c(COc2ccc(C)cc2)nnc1SCC(=O)Nc1scc(-c2cc(C)ccc2C)c1C(=O)OC. The minimum Gasteiger partial charge on any atom is -0.486 e. The van der Waals surface area contributed by atoms with Crippen molar-refractivity contribution in [2.24, 2.45) is 0 Å². The van der Waals surface area contributed by atoms with Crippen LogP contribution in [0.15, 0.2) is 53.0 Å². The third kappa shape index (κ3) is 6.25. The lowest BCUT2D eigenvalue weighted by molar-refractivity contribution is -0.113. The molecule has 0 radical (unpaired) electrons. The maximum Gasteiger partial charge on any atom is 0.341 e. The van der Waals surface area contributed by atoms with Gasteiger partial charge in [-0.1, -0.05) is 53.2 Å². The van der Waals surface area contributed by atoms with Gasteiger partial charge in [0.05, 0.1) is 12.9 Å². The van der Waals surface area contributed by atoms with Gasteiger partial charge < -0.3 is 19.4 Å². The van der Waals surface area contributed by atoms with E-state index >= 15 is 0 Å². The van der Waals surface area contributed by atoms with Crippen LogP contribution in [0.3, 0.4) is 0 Å². The highest BCUT2D eigenvalue weighted by Crippen LogP contribution is 2.38. The van der Waals surface area contributed by atoms with Crippen LogP contribution >= 0.6 is 23.1 Å². The van der Waals surface area contributed by atoms with Crippen molar-refractivity contribution < 1.29 is 19.1 Å². The topological polar surface area (TPSA) is 95.3 Å². The number of aryl methyl sites for hydroxylation is 3. The highest BCUT2D eigenvalue weighted by Gasteiger charge is 2.23. The number of esters is 1. The van der Waals surface area contributed by atoms with Crippen molar-refractivity contribution in [1.29, 1.82) is 0 Å². The molecule has 8 nitrogen and oxygen atoms in total. The van der Waals surface area contributed by atoms with Gasteiger partial charge in [0.25, 0.3) is 0 Å². The number of carbonyl (C=O) groups is 2. The van der Waals surface area contributed by atoms with E-state index in [4.69, 9.17) is 9.47 Å². The molecule has 4 aromatic rings. The van der Waals surface area contributed by atoms with Gasteiger partial charge >= 0.3 is 5.97 Å². The van der Waals surface area contributed by atoms with E-state index in [9.17, 15) is 9.59 Å². The lowest BCUT2D eigenvalue weighted by Crippen LogP contribution is -2.16. The molecule has 2 aromatic carbocycles. The largest absolute Gasteiger partial charge is 0.486 e. The number of ether oxygens (including phenoxy) is 2. The molecule has 0 atom stereocenters. The van der Waals surface area contributed by atoms with Crippen molar-refractivity contribution in [3.05, 3.63) is 75.9 Å². The number of nitrogens with one attached hydrogen (secondary N) is 1. The fourth-order valence-electron chi connectivity index (χ4n) is 3.90. The molecule has 2 heterocycles. The standard InChI is InChI=1S/C28H30N4O4S2/c1-6-32-23(14-36-20-11-8-17(2)9-12-20)30-31-28(32)38-16-24(33)29-26-25(27(34)35-5)22(15-37-26)21-13-18(3)7-10-19(21)4/h7-13,15H,6,14,16H2,1-5H3,(H,29,33). The Morgan fingerprint density at radius 1 is 1.03 bits per heavy atom. The van der Waals surface area contributed by atoms with E-state index in [2.05, 4.69) is 15.5 Å². The average Bonchev–Trinajstić information content (AvgIpc) is 3.51. The molecular formula is C28H30N4O4S2. The monoisotopic (exact) mass is 550 g/mol. The molecule has 0 saturated heterocycles. The first-order valence-electron chi connectivity index (χ1n) is 12.1. The lowest BCUT2D eigenvalue weighted by atomic mass is 9.97. The number of thiophene rings is 1. The minimum atomic E-state index is -0.492. The molecule has 2 aromatic heterocycles. The Morgan fingerprint density at radius 3 is 2.47 bits per heavy atom. The van der Waals surface area contributed by atoms with Crippen LogP contribution in [0.5, 0.6) is 5.75 Å². The highest BCUT2D eigenvalue weighted by atomic mass is 32.2. The van der Waals surface area contributed by atoms with Crippen LogP contribution in [0.25, 0.3) is 11.1 Å². The first-order valence-corrected chi connectivity index (χ1v) is 14.0. The van der Waals surface area contributed by atoms with Gasteiger partial charge in [0.2, 0.25) is 5.91 Å². The first kappa shape index (κ1) is 27.4. The molecular weight excluding hydrogens is 520 g/mol. The Bertz CT molecular complexity index is 1440. The predicted molar refractivity (Wildman–Crippen MR) is 151 cm³/mol. The Kier molecular flexibility index (Phi) is 8.85. The van der Waals surface area contributed by atoms with E-state index < -0.39 is 5.97 Å². The number of hydrogen-bond acceptors (Lipinski definition) is 8. The molecule has 38 heavy (non-hydrogen) atoms. The van der Waals surface area contributed by atoms with Gasteiger partial charge in [0, 0.05) is 17.5 Å². The average molecular weight is 551 g/mol. The third-order valence-electron chi connectivity index (χ3n) is 5.95. The zero-order chi connectivity index (χ0) is 27.2. The highest BCUT2D eigenvalue weighted by molar-refractivity contribution is 7.99. The third-order valence-corrected chi connectivity index (χ3v) is 7.81. The molecule has 0 aliphatic rings. The molecule has 0 bridgehead atoms. The fraction of sp³-hybridized carbons (Fsp3) is 0.286. The second-order valence-corrected chi connectivity index (χ2v) is 10.6. The Balaban J connectivity index is 1.45. The molecule has 0 saturated carbocycles. The van der Waals surface area contributed by atoms with Crippen molar-refractivity contribution in [2.75, 3.05) is 18.2 Å². The summed E-state index contributed by atoms with van der Waals surface area (Å²) >= 11 is 2.59. The van der Waals surface area contributed by atoms with Gasteiger partial charge in [-0.05, 0) is 51.0 Å². The van der Waals surface area contributed by atoms with Gasteiger partial charge in [-0.25, -0.2) is 4.79 Å². The van der Waals surface area contributed by atoms with Crippen molar-refractivity contribution in [2.45, 2.75) is 46.0 Å². The van der Waals surface area contributed by atoms with Crippen molar-refractivity contribution in [3.8, 4) is 16.9 Å². The van der Waals surface area contributed by atoms with Crippen LogP contribution in [0.4, 0.5) is 5.00 Å². The van der Waals surface area contributed by atoms with Crippen LogP contribution in [-0.4, -0.2) is 39.5 Å². The van der Waals surface area contributed by atoms with Crippen LogP contribution in [0, 0.1) is 20.8 Å². The Morgan fingerprint density at radius 2 is 1.76 bits per heavy atom. The van der Waals surface area contributed by atoms with Crippen molar-refractivity contribution in [1.82, 2.24) is 14.8 Å². The number of hydrogen-bond donors (Lipinski definition) is 1. The van der Waals surface area contributed by atoms with Gasteiger partial charge in [-0.2, -0.15) is 0 Å². The maximum absolute atomic E-state index is 12.9. The summed E-state index contributed by atoms with van der Waals surface area (Å²) in [5.74, 6) is 0.799. The van der Waals surface area contributed by atoms with Crippen LogP contribution < -0.4 is 10.1 Å². The molecule has 0 aliphatic carbocycles. The molecule has 198 valence electrons. The Hall–Kier alpha value is -3.63. The Labute approximate surface area is 230 Å². The number of aromatic nitrogens is 3. The van der Waals surface area contributed by atoms with Crippen LogP contribution in [0.1, 0.15) is 39.8 Å².